The molecule has 6 rings (SSSR count). The lowest BCUT2D eigenvalue weighted by atomic mass is 10.0. The maximum absolute atomic E-state index is 12.9. The van der Waals surface area contributed by atoms with Gasteiger partial charge in [-0.25, -0.2) is 4.98 Å². The Morgan fingerprint density at radius 2 is 2.03 bits per heavy atom. The van der Waals surface area contributed by atoms with Gasteiger partial charge in [-0.2, -0.15) is 4.98 Å². The van der Waals surface area contributed by atoms with Crippen LogP contribution in [-0.2, 0) is 0 Å². The first-order valence-electron chi connectivity index (χ1n) is 12.1. The Hall–Kier alpha value is -4.57. The summed E-state index contributed by atoms with van der Waals surface area (Å²) in [4.78, 5) is 24.0. The average Bonchev–Trinajstić information content (AvgIpc) is 3.46. The van der Waals surface area contributed by atoms with Crippen LogP contribution in [0.15, 0.2) is 77.7 Å². The zero-order chi connectivity index (χ0) is 25.2. The maximum Gasteiger partial charge on any atom is 0.254 e. The highest BCUT2D eigenvalue weighted by molar-refractivity contribution is 5.99. The minimum absolute atomic E-state index is 0.0391. The molecule has 0 radical (unpaired) electrons. The van der Waals surface area contributed by atoms with Crippen molar-refractivity contribution in [3.8, 4) is 11.5 Å². The lowest BCUT2D eigenvalue weighted by Crippen LogP contribution is -2.27. The third kappa shape index (κ3) is 4.43. The quantitative estimate of drug-likeness (QED) is 0.322. The molecule has 0 saturated heterocycles. The van der Waals surface area contributed by atoms with E-state index in [1.165, 1.54) is 6.39 Å². The number of nitrogens with one attached hydrogen (secondary N) is 2. The van der Waals surface area contributed by atoms with Gasteiger partial charge in [0.25, 0.3) is 11.8 Å². The van der Waals surface area contributed by atoms with Gasteiger partial charge in [-0.1, -0.05) is 42.5 Å². The van der Waals surface area contributed by atoms with E-state index in [0.717, 1.165) is 41.8 Å². The van der Waals surface area contributed by atoms with Crippen molar-refractivity contribution in [2.24, 2.45) is 0 Å². The second kappa shape index (κ2) is 9.82. The number of carbonyl (C=O) groups is 1. The normalized spacial score (nSPS) is 17.2. The van der Waals surface area contributed by atoms with E-state index in [0.29, 0.717) is 17.3 Å². The number of anilines is 3. The van der Waals surface area contributed by atoms with Crippen LogP contribution >= 0.6 is 0 Å². The number of amides is 1. The fourth-order valence-corrected chi connectivity index (χ4v) is 4.86. The smallest absolute Gasteiger partial charge is 0.254 e. The lowest BCUT2D eigenvalue weighted by molar-refractivity contribution is 0.0734. The van der Waals surface area contributed by atoms with Crippen molar-refractivity contribution in [2.75, 3.05) is 23.8 Å². The van der Waals surface area contributed by atoms with Crippen LogP contribution in [0.1, 0.15) is 46.4 Å². The molecule has 10 heteroatoms. The van der Waals surface area contributed by atoms with Gasteiger partial charge in [0.05, 0.1) is 24.3 Å². The molecule has 2 atom stereocenters. The van der Waals surface area contributed by atoms with Gasteiger partial charge in [-0.15, -0.1) is 10.2 Å². The molecule has 4 aromatic rings. The lowest BCUT2D eigenvalue weighted by Gasteiger charge is -2.22. The second-order valence-electron chi connectivity index (χ2n) is 8.93. The topological polar surface area (TPSA) is 129 Å². The van der Waals surface area contributed by atoms with Gasteiger partial charge in [0.2, 0.25) is 12.3 Å². The van der Waals surface area contributed by atoms with Crippen molar-refractivity contribution in [2.45, 2.75) is 24.9 Å². The number of rotatable bonds is 7. The van der Waals surface area contributed by atoms with Gasteiger partial charge >= 0.3 is 0 Å². The van der Waals surface area contributed by atoms with Crippen LogP contribution in [0.5, 0.6) is 0 Å². The van der Waals surface area contributed by atoms with E-state index in [1.807, 2.05) is 53.4 Å². The van der Waals surface area contributed by atoms with E-state index < -0.39 is 6.04 Å². The molecule has 2 aliphatic heterocycles. The molecule has 10 nitrogen and oxygen atoms in total. The summed E-state index contributed by atoms with van der Waals surface area (Å²) in [6.45, 7) is 0.575. The minimum Gasteiger partial charge on any atom is -0.423 e. The molecule has 2 aliphatic rings. The first kappa shape index (κ1) is 22.9. The average molecular weight is 496 g/mol. The zero-order valence-corrected chi connectivity index (χ0v) is 19.9. The summed E-state index contributed by atoms with van der Waals surface area (Å²) in [6, 6.07) is 15.0. The molecule has 1 amide bonds. The van der Waals surface area contributed by atoms with Gasteiger partial charge in [0, 0.05) is 24.0 Å². The number of benzene rings is 2. The molecule has 4 heterocycles. The molecule has 0 fully saturated rings. The summed E-state index contributed by atoms with van der Waals surface area (Å²) in [5.41, 5.74) is 3.94. The first-order chi connectivity index (χ1) is 18.2. The largest absolute Gasteiger partial charge is 0.423 e. The maximum atomic E-state index is 12.9. The highest BCUT2D eigenvalue weighted by Crippen LogP contribution is 2.39. The van der Waals surface area contributed by atoms with Crippen molar-refractivity contribution in [3.63, 3.8) is 0 Å². The van der Waals surface area contributed by atoms with Crippen molar-refractivity contribution in [1.82, 2.24) is 25.1 Å². The summed E-state index contributed by atoms with van der Waals surface area (Å²) >= 11 is 0. The van der Waals surface area contributed by atoms with Crippen LogP contribution in [0.25, 0.3) is 11.5 Å². The molecular weight excluding hydrogens is 470 g/mol. The van der Waals surface area contributed by atoms with Crippen molar-refractivity contribution in [1.29, 1.82) is 0 Å². The van der Waals surface area contributed by atoms with Gasteiger partial charge in [-0.05, 0) is 42.2 Å². The Balaban J connectivity index is 1.31. The minimum atomic E-state index is -0.411. The predicted molar refractivity (Wildman–Crippen MR) is 137 cm³/mol. The second-order valence-corrected chi connectivity index (χ2v) is 8.93. The Bertz CT molecular complexity index is 1440. The number of aromatic nitrogens is 4. The van der Waals surface area contributed by atoms with E-state index in [9.17, 15) is 9.90 Å². The molecule has 0 aliphatic carbocycles. The van der Waals surface area contributed by atoms with Crippen LogP contribution in [-0.4, -0.2) is 49.2 Å². The Morgan fingerprint density at radius 1 is 1.14 bits per heavy atom. The molecule has 37 heavy (non-hydrogen) atoms. The number of carbonyl (C=O) groups excluding carboxylic acids is 1. The van der Waals surface area contributed by atoms with E-state index in [4.69, 9.17) is 4.42 Å². The Morgan fingerprint density at radius 3 is 2.84 bits per heavy atom. The molecule has 0 spiro atoms. The molecule has 2 aromatic heterocycles. The van der Waals surface area contributed by atoms with Crippen LogP contribution in [0.3, 0.4) is 0 Å². The SMILES string of the molecule is O=C1c2ccc(Nc3ncc(-c4nnco4)c(N[C@H](CO)c4ccccc4)n3)cc2C2CC=CCCN12. The van der Waals surface area contributed by atoms with Gasteiger partial charge < -0.3 is 25.1 Å². The molecule has 3 N–H and O–H groups in total. The summed E-state index contributed by atoms with van der Waals surface area (Å²) in [5.74, 6) is 1.12. The monoisotopic (exact) mass is 495 g/mol. The standard InChI is InChI=1S/C27H25N7O3/c35-15-22(17-7-3-1-4-8-17)31-24-21(25-33-29-16-37-25)14-28-27(32-24)30-18-10-11-19-20(13-18)23-9-5-2-6-12-34(23)26(19)36/h1-5,7-8,10-11,13-14,16,22-23,35H,6,9,12,15H2,(H2,28,30,31,32)/t22-,23?/m1/s1. The van der Waals surface area contributed by atoms with Crippen LogP contribution in [0.4, 0.5) is 17.5 Å². The number of nitrogens with zero attached hydrogens (tertiary/aromatic N) is 5. The molecule has 2 aromatic carbocycles. The van der Waals surface area contributed by atoms with Crippen molar-refractivity contribution >= 4 is 23.4 Å². The third-order valence-corrected chi connectivity index (χ3v) is 6.67. The molecule has 0 bridgehead atoms. The molecule has 1 unspecified atom stereocenters. The highest BCUT2D eigenvalue weighted by atomic mass is 16.4. The fraction of sp³-hybridized carbons (Fsp3) is 0.222. The Labute approximate surface area is 213 Å². The van der Waals surface area contributed by atoms with E-state index >= 15 is 0 Å². The molecule has 186 valence electrons. The van der Waals surface area contributed by atoms with E-state index in [-0.39, 0.29) is 24.4 Å². The van der Waals surface area contributed by atoms with Crippen LogP contribution in [0.2, 0.25) is 0 Å². The zero-order valence-electron chi connectivity index (χ0n) is 19.9. The van der Waals surface area contributed by atoms with Crippen LogP contribution < -0.4 is 10.6 Å². The van der Waals surface area contributed by atoms with Gasteiger partial charge in [0.1, 0.15) is 5.82 Å². The number of hydrogen-bond donors (Lipinski definition) is 3. The summed E-state index contributed by atoms with van der Waals surface area (Å²) in [6.07, 6.45) is 8.79. The predicted octanol–water partition coefficient (Wildman–Crippen LogP) is 4.26. The molecule has 0 saturated carbocycles. The van der Waals surface area contributed by atoms with Crippen molar-refractivity contribution < 1.29 is 14.3 Å². The van der Waals surface area contributed by atoms with Gasteiger partial charge in [0.15, 0.2) is 0 Å². The number of fused-ring (bicyclic) bond motifs is 3. The number of hydrogen-bond acceptors (Lipinski definition) is 9. The van der Waals surface area contributed by atoms with Crippen molar-refractivity contribution in [3.05, 3.63) is 90.0 Å². The number of aliphatic hydroxyl groups is 1. The number of aliphatic hydroxyl groups excluding tert-OH is 1. The molecular formula is C27H25N7O3. The summed E-state index contributed by atoms with van der Waals surface area (Å²) in [7, 11) is 0. The van der Waals surface area contributed by atoms with Gasteiger partial charge in [-0.3, -0.25) is 4.79 Å². The summed E-state index contributed by atoms with van der Waals surface area (Å²) in [5, 5.41) is 24.4. The first-order valence-corrected chi connectivity index (χ1v) is 12.1. The van der Waals surface area contributed by atoms with E-state index in [2.05, 4.69) is 43.0 Å². The van der Waals surface area contributed by atoms with E-state index in [1.54, 1.807) is 6.20 Å². The fourth-order valence-electron chi connectivity index (χ4n) is 4.86. The summed E-state index contributed by atoms with van der Waals surface area (Å²) < 4.78 is 5.39. The Kier molecular flexibility index (Phi) is 6.07. The third-order valence-electron chi connectivity index (χ3n) is 6.67. The van der Waals surface area contributed by atoms with Crippen LogP contribution in [0, 0.1) is 0 Å². The highest BCUT2D eigenvalue weighted by Gasteiger charge is 2.36.